The van der Waals surface area contributed by atoms with Crippen LogP contribution >= 0.6 is 15.9 Å². The minimum atomic E-state index is -3.71. The molecule has 7 heteroatoms. The number of rotatable bonds is 5. The minimum Gasteiger partial charge on any atom is -0.325 e. The predicted molar refractivity (Wildman–Crippen MR) is 89.0 cm³/mol. The zero-order valence-electron chi connectivity index (χ0n) is 11.9. The average molecular weight is 383 g/mol. The largest absolute Gasteiger partial charge is 0.325 e. The third kappa shape index (κ3) is 4.16. The number of amides is 1. The monoisotopic (exact) mass is 382 g/mol. The molecule has 5 nitrogen and oxygen atoms in total. The molecule has 22 heavy (non-hydrogen) atoms. The van der Waals surface area contributed by atoms with Gasteiger partial charge in [0.2, 0.25) is 15.9 Å². The summed E-state index contributed by atoms with van der Waals surface area (Å²) in [5.41, 5.74) is 0.626. The van der Waals surface area contributed by atoms with Gasteiger partial charge < -0.3 is 5.32 Å². The van der Waals surface area contributed by atoms with Crippen LogP contribution in [0.15, 0.2) is 64.0 Å². The van der Waals surface area contributed by atoms with Crippen molar-refractivity contribution in [2.75, 3.05) is 18.9 Å². The Morgan fingerprint density at radius 2 is 1.82 bits per heavy atom. The van der Waals surface area contributed by atoms with Crippen LogP contribution in [-0.4, -0.2) is 32.2 Å². The van der Waals surface area contributed by atoms with Crippen molar-refractivity contribution in [1.82, 2.24) is 4.31 Å². The SMILES string of the molecule is CN(CC(=O)Nc1ccccc1)S(=O)(=O)c1cccc(Br)c1. The summed E-state index contributed by atoms with van der Waals surface area (Å²) in [6, 6.07) is 15.2. The van der Waals surface area contributed by atoms with E-state index in [-0.39, 0.29) is 11.4 Å². The number of para-hydroxylation sites is 1. The zero-order chi connectivity index (χ0) is 16.2. The van der Waals surface area contributed by atoms with E-state index >= 15 is 0 Å². The Bertz CT molecular complexity index is 763. The molecule has 0 saturated heterocycles. The van der Waals surface area contributed by atoms with Gasteiger partial charge in [-0.25, -0.2) is 8.42 Å². The molecule has 0 aliphatic carbocycles. The van der Waals surface area contributed by atoms with Crippen LogP contribution in [0.25, 0.3) is 0 Å². The highest BCUT2D eigenvalue weighted by atomic mass is 79.9. The van der Waals surface area contributed by atoms with E-state index in [2.05, 4.69) is 21.2 Å². The second-order valence-corrected chi connectivity index (χ2v) is 7.59. The molecule has 2 rings (SSSR count). The van der Waals surface area contributed by atoms with Gasteiger partial charge in [0, 0.05) is 17.2 Å². The van der Waals surface area contributed by atoms with Crippen molar-refractivity contribution in [2.24, 2.45) is 0 Å². The van der Waals surface area contributed by atoms with Gasteiger partial charge in [-0.3, -0.25) is 4.79 Å². The topological polar surface area (TPSA) is 66.5 Å². The first-order valence-electron chi connectivity index (χ1n) is 6.46. The van der Waals surface area contributed by atoms with Gasteiger partial charge in [0.1, 0.15) is 0 Å². The molecule has 1 amide bonds. The van der Waals surface area contributed by atoms with E-state index < -0.39 is 15.9 Å². The average Bonchev–Trinajstić information content (AvgIpc) is 2.48. The highest BCUT2D eigenvalue weighted by Crippen LogP contribution is 2.19. The van der Waals surface area contributed by atoms with Gasteiger partial charge in [-0.05, 0) is 30.3 Å². The number of sulfonamides is 1. The molecule has 0 atom stereocenters. The van der Waals surface area contributed by atoms with E-state index in [0.29, 0.717) is 10.2 Å². The van der Waals surface area contributed by atoms with Crippen molar-refractivity contribution >= 4 is 37.5 Å². The maximum Gasteiger partial charge on any atom is 0.243 e. The number of hydrogen-bond acceptors (Lipinski definition) is 3. The van der Waals surface area contributed by atoms with Crippen LogP contribution in [0, 0.1) is 0 Å². The fraction of sp³-hybridized carbons (Fsp3) is 0.133. The summed E-state index contributed by atoms with van der Waals surface area (Å²) < 4.78 is 26.5. The van der Waals surface area contributed by atoms with Gasteiger partial charge in [0.15, 0.2) is 0 Å². The molecule has 0 spiro atoms. The van der Waals surface area contributed by atoms with Crippen LogP contribution in [0.5, 0.6) is 0 Å². The third-order valence-electron chi connectivity index (χ3n) is 2.93. The first-order chi connectivity index (χ1) is 10.4. The van der Waals surface area contributed by atoms with Crippen molar-refractivity contribution < 1.29 is 13.2 Å². The molecule has 0 aromatic heterocycles. The molecule has 0 unspecified atom stereocenters. The number of benzene rings is 2. The molecule has 1 N–H and O–H groups in total. The summed E-state index contributed by atoms with van der Waals surface area (Å²) in [4.78, 5) is 12.1. The first-order valence-corrected chi connectivity index (χ1v) is 8.70. The van der Waals surface area contributed by atoms with Gasteiger partial charge >= 0.3 is 0 Å². The molecule has 116 valence electrons. The number of hydrogen-bond donors (Lipinski definition) is 1. The molecular weight excluding hydrogens is 368 g/mol. The molecule has 0 saturated carbocycles. The fourth-order valence-electron chi connectivity index (χ4n) is 1.82. The molecule has 2 aromatic carbocycles. The summed E-state index contributed by atoms with van der Waals surface area (Å²) in [5, 5.41) is 2.65. The van der Waals surface area contributed by atoms with Gasteiger partial charge in [-0.15, -0.1) is 0 Å². The molecule has 0 aliphatic rings. The normalized spacial score (nSPS) is 11.4. The lowest BCUT2D eigenvalue weighted by atomic mass is 10.3. The summed E-state index contributed by atoms with van der Waals surface area (Å²) >= 11 is 3.24. The fourth-order valence-corrected chi connectivity index (χ4v) is 3.54. The summed E-state index contributed by atoms with van der Waals surface area (Å²) in [7, 11) is -2.33. The number of nitrogens with zero attached hydrogens (tertiary/aromatic N) is 1. The van der Waals surface area contributed by atoms with E-state index in [1.54, 1.807) is 36.4 Å². The van der Waals surface area contributed by atoms with E-state index in [0.717, 1.165) is 4.31 Å². The summed E-state index contributed by atoms with van der Waals surface area (Å²) in [6.45, 7) is -0.260. The number of carbonyl (C=O) groups excluding carboxylic acids is 1. The van der Waals surface area contributed by atoms with E-state index in [9.17, 15) is 13.2 Å². The highest BCUT2D eigenvalue weighted by molar-refractivity contribution is 9.10. The molecule has 0 bridgehead atoms. The molecular formula is C15H15BrN2O3S. The lowest BCUT2D eigenvalue weighted by molar-refractivity contribution is -0.116. The standard InChI is InChI=1S/C15H15BrN2O3S/c1-18(11-15(19)17-13-7-3-2-4-8-13)22(20,21)14-9-5-6-12(16)10-14/h2-10H,11H2,1H3,(H,17,19). The van der Waals surface area contributed by atoms with Gasteiger partial charge in [-0.1, -0.05) is 40.2 Å². The van der Waals surface area contributed by atoms with E-state index in [1.165, 1.54) is 19.2 Å². The van der Waals surface area contributed by atoms with Crippen molar-refractivity contribution in [3.05, 3.63) is 59.1 Å². The molecule has 2 aromatic rings. The predicted octanol–water partition coefficient (Wildman–Crippen LogP) is 2.71. The Balaban J connectivity index is 2.08. The van der Waals surface area contributed by atoms with Crippen LogP contribution < -0.4 is 5.32 Å². The molecule has 0 fully saturated rings. The Morgan fingerprint density at radius 1 is 1.14 bits per heavy atom. The number of anilines is 1. The van der Waals surface area contributed by atoms with Crippen LogP contribution in [-0.2, 0) is 14.8 Å². The number of likely N-dealkylation sites (N-methyl/N-ethyl adjacent to an activating group) is 1. The Labute approximate surface area is 138 Å². The summed E-state index contributed by atoms with van der Waals surface area (Å²) in [6.07, 6.45) is 0. The molecule has 0 aliphatic heterocycles. The lowest BCUT2D eigenvalue weighted by Crippen LogP contribution is -2.34. The van der Waals surface area contributed by atoms with Crippen LogP contribution in [0.4, 0.5) is 5.69 Å². The van der Waals surface area contributed by atoms with Crippen molar-refractivity contribution in [2.45, 2.75) is 4.90 Å². The number of carbonyl (C=O) groups is 1. The van der Waals surface area contributed by atoms with Gasteiger partial charge in [0.25, 0.3) is 0 Å². The smallest absolute Gasteiger partial charge is 0.243 e. The quantitative estimate of drug-likeness (QED) is 0.864. The van der Waals surface area contributed by atoms with Crippen molar-refractivity contribution in [1.29, 1.82) is 0 Å². The maximum absolute atomic E-state index is 12.4. The van der Waals surface area contributed by atoms with Crippen molar-refractivity contribution in [3.63, 3.8) is 0 Å². The Kier molecular flexibility index (Phi) is 5.33. The summed E-state index contributed by atoms with van der Waals surface area (Å²) in [5.74, 6) is -0.396. The van der Waals surface area contributed by atoms with Crippen LogP contribution in [0.3, 0.4) is 0 Å². The maximum atomic E-state index is 12.4. The highest BCUT2D eigenvalue weighted by Gasteiger charge is 2.23. The van der Waals surface area contributed by atoms with E-state index in [1.807, 2.05) is 6.07 Å². The third-order valence-corrected chi connectivity index (χ3v) is 5.22. The molecule has 0 heterocycles. The number of nitrogens with one attached hydrogen (secondary N) is 1. The molecule has 0 radical (unpaired) electrons. The second kappa shape index (κ2) is 7.04. The lowest BCUT2D eigenvalue weighted by Gasteiger charge is -2.17. The second-order valence-electron chi connectivity index (χ2n) is 4.63. The zero-order valence-corrected chi connectivity index (χ0v) is 14.3. The first kappa shape index (κ1) is 16.7. The van der Waals surface area contributed by atoms with Crippen molar-refractivity contribution in [3.8, 4) is 0 Å². The van der Waals surface area contributed by atoms with Gasteiger partial charge in [-0.2, -0.15) is 4.31 Å². The van der Waals surface area contributed by atoms with Crippen LogP contribution in [0.1, 0.15) is 0 Å². The van der Waals surface area contributed by atoms with Crippen LogP contribution in [0.2, 0.25) is 0 Å². The Morgan fingerprint density at radius 3 is 2.45 bits per heavy atom. The number of halogens is 1. The Hall–Kier alpha value is -1.70. The minimum absolute atomic E-state index is 0.136. The van der Waals surface area contributed by atoms with Gasteiger partial charge in [0.05, 0.1) is 11.4 Å². The van der Waals surface area contributed by atoms with E-state index in [4.69, 9.17) is 0 Å².